The van der Waals surface area contributed by atoms with Gasteiger partial charge in [-0.2, -0.15) is 0 Å². The Morgan fingerprint density at radius 3 is 2.68 bits per heavy atom. The summed E-state index contributed by atoms with van der Waals surface area (Å²) < 4.78 is 4.88. The Bertz CT molecular complexity index is 478. The van der Waals surface area contributed by atoms with Crippen LogP contribution in [0.5, 0.6) is 0 Å². The number of carbonyl (C=O) groups is 3. The Labute approximate surface area is 109 Å². The predicted molar refractivity (Wildman–Crippen MR) is 63.4 cm³/mol. The lowest BCUT2D eigenvalue weighted by molar-refractivity contribution is -0.144. The van der Waals surface area contributed by atoms with Gasteiger partial charge in [0.2, 0.25) is 5.91 Å². The van der Waals surface area contributed by atoms with Gasteiger partial charge in [-0.3, -0.25) is 14.4 Å². The zero-order chi connectivity index (χ0) is 13.8. The van der Waals surface area contributed by atoms with Crippen LogP contribution in [0.4, 0.5) is 0 Å². The molecule has 1 aliphatic carbocycles. The fraction of sp³-hybridized carbons (Fsp3) is 0.417. The minimum Gasteiger partial charge on any atom is -0.480 e. The summed E-state index contributed by atoms with van der Waals surface area (Å²) in [5, 5.41) is 11.1. The van der Waals surface area contributed by atoms with Gasteiger partial charge in [-0.05, 0) is 25.0 Å². The van der Waals surface area contributed by atoms with E-state index < -0.39 is 17.8 Å². The number of carboxylic acids is 1. The van der Waals surface area contributed by atoms with Gasteiger partial charge >= 0.3 is 5.97 Å². The van der Waals surface area contributed by atoms with Crippen LogP contribution in [0.25, 0.3) is 0 Å². The third-order valence-electron chi connectivity index (χ3n) is 2.76. The molecule has 0 unspecified atom stereocenters. The van der Waals surface area contributed by atoms with E-state index in [0.29, 0.717) is 0 Å². The molecule has 0 radical (unpaired) electrons. The van der Waals surface area contributed by atoms with Crippen molar-refractivity contribution in [1.82, 2.24) is 10.2 Å². The second-order valence-corrected chi connectivity index (χ2v) is 4.31. The van der Waals surface area contributed by atoms with Gasteiger partial charge < -0.3 is 19.7 Å². The van der Waals surface area contributed by atoms with Gasteiger partial charge in [0.25, 0.3) is 5.91 Å². The number of furan rings is 1. The number of hydrogen-bond donors (Lipinski definition) is 2. The summed E-state index contributed by atoms with van der Waals surface area (Å²) >= 11 is 0. The molecule has 0 saturated heterocycles. The molecule has 0 atom stereocenters. The van der Waals surface area contributed by atoms with Crippen molar-refractivity contribution in [2.45, 2.75) is 18.9 Å². The van der Waals surface area contributed by atoms with Crippen LogP contribution >= 0.6 is 0 Å². The van der Waals surface area contributed by atoms with Gasteiger partial charge in [-0.1, -0.05) is 0 Å². The summed E-state index contributed by atoms with van der Waals surface area (Å²) in [6.07, 6.45) is 2.98. The first-order chi connectivity index (χ1) is 9.08. The monoisotopic (exact) mass is 266 g/mol. The topological polar surface area (TPSA) is 99.9 Å². The van der Waals surface area contributed by atoms with E-state index in [1.807, 2.05) is 0 Å². The molecule has 7 nitrogen and oxygen atoms in total. The van der Waals surface area contributed by atoms with Crippen molar-refractivity contribution in [3.8, 4) is 0 Å². The molecule has 1 fully saturated rings. The molecule has 0 spiro atoms. The standard InChI is InChI=1S/C12H14N2O5/c15-10(14(7-11(16)17)8-3-4-8)6-13-12(18)9-2-1-5-19-9/h1-2,5,8H,3-4,6-7H2,(H,13,18)(H,16,17). The number of nitrogens with zero attached hydrogens (tertiary/aromatic N) is 1. The van der Waals surface area contributed by atoms with E-state index in [1.54, 1.807) is 6.07 Å². The first-order valence-electron chi connectivity index (χ1n) is 5.91. The number of rotatable bonds is 6. The number of carbonyl (C=O) groups excluding carboxylic acids is 2. The second kappa shape index (κ2) is 5.55. The van der Waals surface area contributed by atoms with E-state index in [2.05, 4.69) is 5.32 Å². The summed E-state index contributed by atoms with van der Waals surface area (Å²) in [5.41, 5.74) is 0. The van der Waals surface area contributed by atoms with Crippen LogP contribution in [0.2, 0.25) is 0 Å². The second-order valence-electron chi connectivity index (χ2n) is 4.31. The van der Waals surface area contributed by atoms with E-state index in [4.69, 9.17) is 9.52 Å². The van der Waals surface area contributed by atoms with E-state index in [1.165, 1.54) is 17.2 Å². The van der Waals surface area contributed by atoms with Gasteiger partial charge in [0, 0.05) is 6.04 Å². The number of nitrogens with one attached hydrogen (secondary N) is 1. The largest absolute Gasteiger partial charge is 0.480 e. The molecule has 1 aliphatic rings. The third-order valence-corrected chi connectivity index (χ3v) is 2.76. The maximum Gasteiger partial charge on any atom is 0.323 e. The average Bonchev–Trinajstić information content (AvgIpc) is 3.06. The van der Waals surface area contributed by atoms with Gasteiger partial charge in [0.15, 0.2) is 5.76 Å². The Hall–Kier alpha value is -2.31. The molecule has 1 aromatic heterocycles. The maximum atomic E-state index is 11.9. The van der Waals surface area contributed by atoms with Crippen LogP contribution in [0.1, 0.15) is 23.4 Å². The smallest absolute Gasteiger partial charge is 0.323 e. The molecule has 0 aromatic carbocycles. The molecule has 2 rings (SSSR count). The first-order valence-corrected chi connectivity index (χ1v) is 5.91. The van der Waals surface area contributed by atoms with Crippen LogP contribution in [-0.4, -0.2) is 46.9 Å². The quantitative estimate of drug-likeness (QED) is 0.759. The minimum atomic E-state index is -1.06. The van der Waals surface area contributed by atoms with E-state index in [-0.39, 0.29) is 24.9 Å². The molecule has 19 heavy (non-hydrogen) atoms. The molecule has 2 N–H and O–H groups in total. The molecule has 102 valence electrons. The van der Waals surface area contributed by atoms with Gasteiger partial charge in [-0.15, -0.1) is 0 Å². The lowest BCUT2D eigenvalue weighted by Crippen LogP contribution is -2.43. The summed E-state index contributed by atoms with van der Waals surface area (Å²) in [7, 11) is 0. The highest BCUT2D eigenvalue weighted by molar-refractivity contribution is 5.94. The predicted octanol–water partition coefficient (Wildman–Crippen LogP) is 0.0850. The summed E-state index contributed by atoms with van der Waals surface area (Å²) in [4.78, 5) is 35.4. The third kappa shape index (κ3) is 3.57. The van der Waals surface area contributed by atoms with E-state index in [9.17, 15) is 14.4 Å². The average molecular weight is 266 g/mol. The van der Waals surface area contributed by atoms with Crippen molar-refractivity contribution >= 4 is 17.8 Å². The van der Waals surface area contributed by atoms with Crippen LogP contribution in [0.15, 0.2) is 22.8 Å². The number of hydrogen-bond acceptors (Lipinski definition) is 4. The fourth-order valence-corrected chi connectivity index (χ4v) is 1.71. The maximum absolute atomic E-state index is 11.9. The van der Waals surface area contributed by atoms with Crippen molar-refractivity contribution in [2.75, 3.05) is 13.1 Å². The van der Waals surface area contributed by atoms with Crippen LogP contribution in [-0.2, 0) is 9.59 Å². The number of aliphatic carboxylic acids is 1. The molecule has 0 bridgehead atoms. The molecule has 1 heterocycles. The lowest BCUT2D eigenvalue weighted by Gasteiger charge is -2.20. The van der Waals surface area contributed by atoms with E-state index in [0.717, 1.165) is 12.8 Å². The molecule has 7 heteroatoms. The Kier molecular flexibility index (Phi) is 3.84. The van der Waals surface area contributed by atoms with Gasteiger partial charge in [0.1, 0.15) is 6.54 Å². The zero-order valence-corrected chi connectivity index (χ0v) is 10.2. The lowest BCUT2D eigenvalue weighted by atomic mass is 10.4. The highest BCUT2D eigenvalue weighted by atomic mass is 16.4. The van der Waals surface area contributed by atoms with Crippen LogP contribution in [0.3, 0.4) is 0 Å². The Morgan fingerprint density at radius 1 is 1.42 bits per heavy atom. The fourth-order valence-electron chi connectivity index (χ4n) is 1.71. The van der Waals surface area contributed by atoms with E-state index >= 15 is 0 Å². The van der Waals surface area contributed by atoms with Gasteiger partial charge in [-0.25, -0.2) is 0 Å². The molecule has 1 aromatic rings. The summed E-state index contributed by atoms with van der Waals surface area (Å²) in [6.45, 7) is -0.566. The SMILES string of the molecule is O=C(O)CN(C(=O)CNC(=O)c1ccco1)C1CC1. The Balaban J connectivity index is 1.85. The summed E-state index contributed by atoms with van der Waals surface area (Å²) in [5.74, 6) is -1.84. The minimum absolute atomic E-state index is 0.0101. The molecular formula is C12H14N2O5. The number of amides is 2. The highest BCUT2D eigenvalue weighted by Crippen LogP contribution is 2.26. The van der Waals surface area contributed by atoms with Crippen molar-refractivity contribution in [3.05, 3.63) is 24.2 Å². The van der Waals surface area contributed by atoms with Crippen LogP contribution in [0, 0.1) is 0 Å². The zero-order valence-electron chi connectivity index (χ0n) is 10.2. The van der Waals surface area contributed by atoms with Crippen LogP contribution < -0.4 is 5.32 Å². The normalized spacial score (nSPS) is 13.9. The van der Waals surface area contributed by atoms with Crippen molar-refractivity contribution in [2.24, 2.45) is 0 Å². The molecule has 2 amide bonds. The molecular weight excluding hydrogens is 252 g/mol. The molecule has 0 aliphatic heterocycles. The Morgan fingerprint density at radius 2 is 2.16 bits per heavy atom. The number of carboxylic acid groups (broad SMARTS) is 1. The summed E-state index contributed by atoms with van der Waals surface area (Å²) in [6, 6.07) is 3.04. The van der Waals surface area contributed by atoms with Crippen molar-refractivity contribution < 1.29 is 23.9 Å². The molecule has 1 saturated carbocycles. The van der Waals surface area contributed by atoms with Crippen molar-refractivity contribution in [1.29, 1.82) is 0 Å². The van der Waals surface area contributed by atoms with Crippen molar-refractivity contribution in [3.63, 3.8) is 0 Å². The highest BCUT2D eigenvalue weighted by Gasteiger charge is 2.33. The van der Waals surface area contributed by atoms with Gasteiger partial charge in [0.05, 0.1) is 12.8 Å². The first kappa shape index (κ1) is 13.1.